The lowest BCUT2D eigenvalue weighted by Gasteiger charge is -2.01. The molecule has 0 atom stereocenters. The van der Waals surface area contributed by atoms with E-state index in [1.165, 1.54) is 0 Å². The minimum atomic E-state index is 0.574. The van der Waals surface area contributed by atoms with Crippen molar-refractivity contribution < 1.29 is 14.1 Å². The van der Waals surface area contributed by atoms with Crippen LogP contribution in [0.15, 0.2) is 28.7 Å². The molecular formula is C12H7BO3+. The summed E-state index contributed by atoms with van der Waals surface area (Å²) in [5.41, 5.74) is 1.68. The zero-order chi connectivity index (χ0) is 11.0. The van der Waals surface area contributed by atoms with Gasteiger partial charge < -0.3 is 14.1 Å². The van der Waals surface area contributed by atoms with Gasteiger partial charge in [-0.2, -0.15) is 0 Å². The van der Waals surface area contributed by atoms with E-state index in [1.807, 2.05) is 24.3 Å². The highest BCUT2D eigenvalue weighted by Crippen LogP contribution is 2.36. The van der Waals surface area contributed by atoms with Crippen LogP contribution in [0.1, 0.15) is 11.3 Å². The first-order valence-corrected chi connectivity index (χ1v) is 4.84. The average molecular weight is 210 g/mol. The summed E-state index contributed by atoms with van der Waals surface area (Å²) >= 11 is 0. The lowest BCUT2D eigenvalue weighted by molar-refractivity contribution is 0.456. The Bertz CT molecular complexity index is 596. The summed E-state index contributed by atoms with van der Waals surface area (Å²) < 4.78 is 10.7. The molecule has 0 saturated heterocycles. The minimum absolute atomic E-state index is 0.574. The number of rotatable bonds is 2. The van der Waals surface area contributed by atoms with E-state index >= 15 is 0 Å². The number of allylic oxidation sites excluding steroid dienone is 2. The number of benzene rings is 1. The predicted molar refractivity (Wildman–Crippen MR) is 61.6 cm³/mol. The highest BCUT2D eigenvalue weighted by Gasteiger charge is 2.22. The first-order valence-electron chi connectivity index (χ1n) is 4.84. The molecule has 0 fully saturated rings. The molecule has 1 aliphatic rings. The van der Waals surface area contributed by atoms with E-state index in [2.05, 4.69) is 6.08 Å². The lowest BCUT2D eigenvalue weighted by atomic mass is 10.1. The van der Waals surface area contributed by atoms with Crippen molar-refractivity contribution in [1.82, 2.24) is 0 Å². The molecule has 0 amide bonds. The van der Waals surface area contributed by atoms with Crippen molar-refractivity contribution in [2.24, 2.45) is 0 Å². The van der Waals surface area contributed by atoms with E-state index in [9.17, 15) is 0 Å². The molecule has 16 heavy (non-hydrogen) atoms. The molecule has 2 aromatic rings. The molecule has 0 unspecified atom stereocenters. The Balaban J connectivity index is 2.33. The van der Waals surface area contributed by atoms with E-state index < -0.39 is 0 Å². The van der Waals surface area contributed by atoms with E-state index in [0.29, 0.717) is 13.4 Å². The van der Waals surface area contributed by atoms with Crippen LogP contribution in [0, 0.1) is 6.08 Å². The molecule has 1 radical (unpaired) electrons. The number of furan rings is 1. The van der Waals surface area contributed by atoms with Crippen LogP contribution in [0.25, 0.3) is 23.1 Å². The third-order valence-corrected chi connectivity index (χ3v) is 2.48. The maximum Gasteiger partial charge on any atom is 0.569 e. The van der Waals surface area contributed by atoms with Crippen LogP contribution in [0.5, 0.6) is 5.75 Å². The van der Waals surface area contributed by atoms with E-state index in [-0.39, 0.29) is 0 Å². The number of hydrogen-bond donors (Lipinski definition) is 1. The van der Waals surface area contributed by atoms with E-state index in [1.54, 1.807) is 12.1 Å². The third kappa shape index (κ3) is 1.25. The summed E-state index contributed by atoms with van der Waals surface area (Å²) in [6.45, 7) is 0. The van der Waals surface area contributed by atoms with Crippen molar-refractivity contribution in [2.45, 2.75) is 0 Å². The molecule has 1 aliphatic carbocycles. The monoisotopic (exact) mass is 210 g/mol. The minimum Gasteiger partial charge on any atom is -0.537 e. The van der Waals surface area contributed by atoms with Gasteiger partial charge in [0, 0.05) is 6.08 Å². The van der Waals surface area contributed by atoms with Gasteiger partial charge in [-0.3, -0.25) is 0 Å². The standard InChI is InChI=1S/C12H7BO3/c14-13-16-11-7-3-6-10-12(11)8-4-1-2-5-9(8)15-10/h1,3-7,14H/q+1. The van der Waals surface area contributed by atoms with Crippen molar-refractivity contribution in [3.05, 3.63) is 41.7 Å². The fourth-order valence-electron chi connectivity index (χ4n) is 1.84. The Labute approximate surface area is 92.9 Å². The average Bonchev–Trinajstić information content (AvgIpc) is 2.68. The van der Waals surface area contributed by atoms with Gasteiger partial charge in [-0.05, 0) is 12.1 Å². The fraction of sp³-hybridized carbons (Fsp3) is 0. The second-order valence-corrected chi connectivity index (χ2v) is 3.38. The molecular weight excluding hydrogens is 203 g/mol. The first kappa shape index (κ1) is 9.22. The van der Waals surface area contributed by atoms with Gasteiger partial charge in [0.1, 0.15) is 23.5 Å². The van der Waals surface area contributed by atoms with Gasteiger partial charge in [0.2, 0.25) is 5.76 Å². The van der Waals surface area contributed by atoms with Crippen molar-refractivity contribution in [1.29, 1.82) is 0 Å². The molecule has 0 saturated carbocycles. The fourth-order valence-corrected chi connectivity index (χ4v) is 1.84. The Hall–Kier alpha value is -2.03. The van der Waals surface area contributed by atoms with Crippen molar-refractivity contribution in [3.63, 3.8) is 0 Å². The zero-order valence-electron chi connectivity index (χ0n) is 8.31. The van der Waals surface area contributed by atoms with Crippen molar-refractivity contribution >= 4 is 30.8 Å². The van der Waals surface area contributed by atoms with Gasteiger partial charge in [-0.1, -0.05) is 6.07 Å². The quantitative estimate of drug-likeness (QED) is 0.610. The van der Waals surface area contributed by atoms with Gasteiger partial charge in [0.15, 0.2) is 5.58 Å². The summed E-state index contributed by atoms with van der Waals surface area (Å²) in [7, 11) is 0.669. The number of fused-ring (bicyclic) bond motifs is 3. The summed E-state index contributed by atoms with van der Waals surface area (Å²) in [5.74, 6) is 1.33. The normalized spacial score (nSPS) is 12.3. The SMILES string of the molecule is O[B]Oc1cccc2oc3c(c12)C=C[C+]=C3. The summed E-state index contributed by atoms with van der Waals surface area (Å²) in [5, 5.41) is 9.56. The molecule has 3 rings (SSSR count). The van der Waals surface area contributed by atoms with Crippen LogP contribution in [-0.2, 0) is 0 Å². The molecule has 0 bridgehead atoms. The predicted octanol–water partition coefficient (Wildman–Crippen LogP) is 2.18. The molecule has 4 heteroatoms. The lowest BCUT2D eigenvalue weighted by Crippen LogP contribution is -2.00. The van der Waals surface area contributed by atoms with Gasteiger partial charge >= 0.3 is 7.69 Å². The molecule has 1 heterocycles. The highest BCUT2D eigenvalue weighted by molar-refractivity contribution is 6.18. The smallest absolute Gasteiger partial charge is 0.537 e. The second-order valence-electron chi connectivity index (χ2n) is 3.38. The topological polar surface area (TPSA) is 42.6 Å². The molecule has 1 N–H and O–H groups in total. The zero-order valence-corrected chi connectivity index (χ0v) is 8.31. The maximum atomic E-state index is 8.70. The van der Waals surface area contributed by atoms with Crippen LogP contribution >= 0.6 is 0 Å². The molecule has 75 valence electrons. The highest BCUT2D eigenvalue weighted by atomic mass is 16.5. The van der Waals surface area contributed by atoms with Crippen molar-refractivity contribution in [2.75, 3.05) is 0 Å². The number of hydrogen-bond acceptors (Lipinski definition) is 3. The van der Waals surface area contributed by atoms with Crippen LogP contribution in [-0.4, -0.2) is 12.7 Å². The van der Waals surface area contributed by atoms with Gasteiger partial charge in [-0.15, -0.1) is 0 Å². The molecule has 1 aromatic carbocycles. The van der Waals surface area contributed by atoms with Gasteiger partial charge in [0.25, 0.3) is 0 Å². The maximum absolute atomic E-state index is 8.70. The Kier molecular flexibility index (Phi) is 2.03. The van der Waals surface area contributed by atoms with Crippen LogP contribution in [0.2, 0.25) is 0 Å². The molecule has 3 nitrogen and oxygen atoms in total. The first-order chi connectivity index (χ1) is 7.90. The molecule has 1 aromatic heterocycles. The Morgan fingerprint density at radius 2 is 2.31 bits per heavy atom. The largest absolute Gasteiger partial charge is 0.569 e. The molecule has 0 spiro atoms. The Morgan fingerprint density at radius 1 is 1.38 bits per heavy atom. The Morgan fingerprint density at radius 3 is 3.19 bits per heavy atom. The molecule has 0 aliphatic heterocycles. The van der Waals surface area contributed by atoms with E-state index in [0.717, 1.165) is 22.3 Å². The second kappa shape index (κ2) is 3.52. The van der Waals surface area contributed by atoms with Gasteiger partial charge in [0.05, 0.1) is 11.5 Å². The van der Waals surface area contributed by atoms with Crippen LogP contribution in [0.4, 0.5) is 0 Å². The summed E-state index contributed by atoms with van der Waals surface area (Å²) in [4.78, 5) is 0. The van der Waals surface area contributed by atoms with Crippen molar-refractivity contribution in [3.8, 4) is 5.75 Å². The summed E-state index contributed by atoms with van der Waals surface area (Å²) in [6.07, 6.45) is 8.46. The van der Waals surface area contributed by atoms with Gasteiger partial charge in [-0.25, -0.2) is 0 Å². The van der Waals surface area contributed by atoms with Crippen LogP contribution < -0.4 is 4.65 Å². The van der Waals surface area contributed by atoms with Crippen LogP contribution in [0.3, 0.4) is 0 Å². The third-order valence-electron chi connectivity index (χ3n) is 2.48. The van der Waals surface area contributed by atoms with E-state index in [4.69, 9.17) is 14.1 Å². The summed E-state index contributed by atoms with van der Waals surface area (Å²) in [6, 6.07) is 5.45.